The highest BCUT2D eigenvalue weighted by atomic mass is 16.1. The highest BCUT2D eigenvalue weighted by Gasteiger charge is 2.17. The van der Waals surface area contributed by atoms with Gasteiger partial charge in [-0.1, -0.05) is 30.3 Å². The number of carbonyl (C=O) groups excluding carboxylic acids is 1. The number of rotatable bonds is 4. The van der Waals surface area contributed by atoms with Crippen molar-refractivity contribution in [2.45, 2.75) is 33.1 Å². The number of fused-ring (bicyclic) bond motifs is 1. The van der Waals surface area contributed by atoms with Crippen LogP contribution in [-0.2, 0) is 11.2 Å². The minimum absolute atomic E-state index is 0.0850. The summed E-state index contributed by atoms with van der Waals surface area (Å²) < 4.78 is 0. The summed E-state index contributed by atoms with van der Waals surface area (Å²) in [6.07, 6.45) is 2.82. The third-order valence-corrected chi connectivity index (χ3v) is 4.69. The Morgan fingerprint density at radius 3 is 2.83 bits per heavy atom. The number of amides is 1. The SMILES string of the molecule is Cc1cccc(NC(=O)CCN2CCCc3ccccc32)c1C. The highest BCUT2D eigenvalue weighted by Crippen LogP contribution is 2.26. The molecule has 1 amide bonds. The lowest BCUT2D eigenvalue weighted by Crippen LogP contribution is -2.32. The fourth-order valence-corrected chi connectivity index (χ4v) is 3.18. The molecule has 1 aliphatic rings. The molecule has 1 heterocycles. The van der Waals surface area contributed by atoms with Crippen LogP contribution in [0, 0.1) is 13.8 Å². The number of hydrogen-bond acceptors (Lipinski definition) is 2. The molecule has 0 unspecified atom stereocenters. The van der Waals surface area contributed by atoms with Gasteiger partial charge in [0.1, 0.15) is 0 Å². The summed E-state index contributed by atoms with van der Waals surface area (Å²) in [5.41, 5.74) is 5.96. The molecule has 3 heteroatoms. The second-order valence-corrected chi connectivity index (χ2v) is 6.26. The topological polar surface area (TPSA) is 32.3 Å². The quantitative estimate of drug-likeness (QED) is 0.923. The fourth-order valence-electron chi connectivity index (χ4n) is 3.18. The van der Waals surface area contributed by atoms with Gasteiger partial charge in [0, 0.05) is 30.9 Å². The molecule has 120 valence electrons. The Balaban J connectivity index is 1.61. The molecule has 0 radical (unpaired) electrons. The maximum absolute atomic E-state index is 12.3. The van der Waals surface area contributed by atoms with Crippen molar-refractivity contribution in [2.75, 3.05) is 23.3 Å². The molecule has 2 aromatic rings. The van der Waals surface area contributed by atoms with E-state index in [-0.39, 0.29) is 5.91 Å². The van der Waals surface area contributed by atoms with Crippen molar-refractivity contribution in [3.8, 4) is 0 Å². The van der Waals surface area contributed by atoms with E-state index in [9.17, 15) is 4.79 Å². The van der Waals surface area contributed by atoms with E-state index < -0.39 is 0 Å². The molecular formula is C20H24N2O. The first-order valence-corrected chi connectivity index (χ1v) is 8.34. The number of carbonyl (C=O) groups is 1. The van der Waals surface area contributed by atoms with Gasteiger partial charge in [-0.3, -0.25) is 4.79 Å². The van der Waals surface area contributed by atoms with Crippen LogP contribution in [0.3, 0.4) is 0 Å². The Morgan fingerprint density at radius 2 is 1.96 bits per heavy atom. The first-order valence-electron chi connectivity index (χ1n) is 8.34. The number of nitrogens with one attached hydrogen (secondary N) is 1. The lowest BCUT2D eigenvalue weighted by Gasteiger charge is -2.31. The van der Waals surface area contributed by atoms with Crippen LogP contribution in [0.1, 0.15) is 29.5 Å². The second-order valence-electron chi connectivity index (χ2n) is 6.26. The molecular weight excluding hydrogens is 284 g/mol. The lowest BCUT2D eigenvalue weighted by atomic mass is 10.0. The second kappa shape index (κ2) is 6.86. The lowest BCUT2D eigenvalue weighted by molar-refractivity contribution is -0.116. The number of anilines is 2. The normalized spacial score (nSPS) is 13.6. The molecule has 0 aromatic heterocycles. The molecule has 1 N–H and O–H groups in total. The van der Waals surface area contributed by atoms with Crippen molar-refractivity contribution >= 4 is 17.3 Å². The van der Waals surface area contributed by atoms with Gasteiger partial charge in [-0.05, 0) is 55.5 Å². The smallest absolute Gasteiger partial charge is 0.226 e. The largest absolute Gasteiger partial charge is 0.371 e. The first kappa shape index (κ1) is 15.6. The Bertz CT molecular complexity index is 709. The van der Waals surface area contributed by atoms with Gasteiger partial charge in [-0.2, -0.15) is 0 Å². The van der Waals surface area contributed by atoms with Gasteiger partial charge >= 0.3 is 0 Å². The third-order valence-electron chi connectivity index (χ3n) is 4.69. The van der Waals surface area contributed by atoms with Gasteiger partial charge in [0.05, 0.1) is 0 Å². The van der Waals surface area contributed by atoms with E-state index >= 15 is 0 Å². The molecule has 2 aromatic carbocycles. The van der Waals surface area contributed by atoms with Gasteiger partial charge in [0.15, 0.2) is 0 Å². The number of hydrogen-bond donors (Lipinski definition) is 1. The first-order chi connectivity index (χ1) is 11.1. The van der Waals surface area contributed by atoms with Crippen molar-refractivity contribution in [3.05, 3.63) is 59.2 Å². The molecule has 0 saturated carbocycles. The summed E-state index contributed by atoms with van der Waals surface area (Å²) in [5, 5.41) is 3.05. The monoisotopic (exact) mass is 308 g/mol. The molecule has 0 bridgehead atoms. The van der Waals surface area contributed by atoms with E-state index in [1.807, 2.05) is 19.1 Å². The molecule has 0 saturated heterocycles. The predicted octanol–water partition coefficient (Wildman–Crippen LogP) is 4.08. The number of para-hydroxylation sites is 1. The molecule has 3 nitrogen and oxygen atoms in total. The maximum atomic E-state index is 12.3. The predicted molar refractivity (Wildman–Crippen MR) is 96.1 cm³/mol. The Hall–Kier alpha value is -2.29. The van der Waals surface area contributed by atoms with Crippen molar-refractivity contribution < 1.29 is 4.79 Å². The van der Waals surface area contributed by atoms with Crippen LogP contribution in [-0.4, -0.2) is 19.0 Å². The van der Waals surface area contributed by atoms with Crippen molar-refractivity contribution in [1.82, 2.24) is 0 Å². The summed E-state index contributed by atoms with van der Waals surface area (Å²) in [6.45, 7) is 5.92. The molecule has 0 spiro atoms. The van der Waals surface area contributed by atoms with E-state index in [4.69, 9.17) is 0 Å². The molecule has 1 aliphatic heterocycles. The third kappa shape index (κ3) is 3.55. The van der Waals surface area contributed by atoms with Crippen LogP contribution < -0.4 is 10.2 Å². The minimum Gasteiger partial charge on any atom is -0.371 e. The van der Waals surface area contributed by atoms with Crippen LogP contribution in [0.2, 0.25) is 0 Å². The Kier molecular flexibility index (Phi) is 4.65. The van der Waals surface area contributed by atoms with E-state index in [1.165, 1.54) is 16.8 Å². The van der Waals surface area contributed by atoms with Crippen molar-refractivity contribution in [1.29, 1.82) is 0 Å². The summed E-state index contributed by atoms with van der Waals surface area (Å²) >= 11 is 0. The van der Waals surface area contributed by atoms with Crippen LogP contribution in [0.5, 0.6) is 0 Å². The number of aryl methyl sites for hydroxylation is 2. The van der Waals surface area contributed by atoms with Crippen LogP contribution in [0.15, 0.2) is 42.5 Å². The summed E-state index contributed by atoms with van der Waals surface area (Å²) in [5.74, 6) is 0.0850. The summed E-state index contributed by atoms with van der Waals surface area (Å²) in [7, 11) is 0. The average Bonchev–Trinajstić information content (AvgIpc) is 2.57. The Labute approximate surface area is 138 Å². The summed E-state index contributed by atoms with van der Waals surface area (Å²) in [6, 6.07) is 14.5. The highest BCUT2D eigenvalue weighted by molar-refractivity contribution is 5.92. The molecule has 3 rings (SSSR count). The van der Waals surface area contributed by atoms with Gasteiger partial charge in [0.2, 0.25) is 5.91 Å². The zero-order chi connectivity index (χ0) is 16.2. The van der Waals surface area contributed by atoms with Gasteiger partial charge in [-0.15, -0.1) is 0 Å². The molecule has 0 fully saturated rings. The number of benzene rings is 2. The fraction of sp³-hybridized carbons (Fsp3) is 0.350. The van der Waals surface area contributed by atoms with E-state index in [0.717, 1.165) is 37.2 Å². The van der Waals surface area contributed by atoms with Crippen molar-refractivity contribution in [3.63, 3.8) is 0 Å². The molecule has 0 atom stereocenters. The number of nitrogens with zero attached hydrogens (tertiary/aromatic N) is 1. The Morgan fingerprint density at radius 1 is 1.13 bits per heavy atom. The minimum atomic E-state index is 0.0850. The van der Waals surface area contributed by atoms with Gasteiger partial charge < -0.3 is 10.2 Å². The van der Waals surface area contributed by atoms with E-state index in [1.54, 1.807) is 0 Å². The van der Waals surface area contributed by atoms with Gasteiger partial charge in [-0.25, -0.2) is 0 Å². The van der Waals surface area contributed by atoms with Crippen LogP contribution in [0.4, 0.5) is 11.4 Å². The van der Waals surface area contributed by atoms with Crippen molar-refractivity contribution in [2.24, 2.45) is 0 Å². The standard InChI is InChI=1S/C20H24N2O/c1-15-7-5-10-18(16(15)2)21-20(23)12-14-22-13-6-9-17-8-3-4-11-19(17)22/h3-5,7-8,10-11H,6,9,12-14H2,1-2H3,(H,21,23). The van der Waals surface area contributed by atoms with E-state index in [2.05, 4.69) is 47.5 Å². The zero-order valence-corrected chi connectivity index (χ0v) is 13.9. The average molecular weight is 308 g/mol. The molecule has 23 heavy (non-hydrogen) atoms. The molecule has 0 aliphatic carbocycles. The summed E-state index contributed by atoms with van der Waals surface area (Å²) in [4.78, 5) is 14.6. The maximum Gasteiger partial charge on any atom is 0.226 e. The van der Waals surface area contributed by atoms with Crippen LogP contribution >= 0.6 is 0 Å². The van der Waals surface area contributed by atoms with Gasteiger partial charge in [0.25, 0.3) is 0 Å². The van der Waals surface area contributed by atoms with E-state index in [0.29, 0.717) is 6.42 Å². The zero-order valence-electron chi connectivity index (χ0n) is 13.9. The van der Waals surface area contributed by atoms with Crippen LogP contribution in [0.25, 0.3) is 0 Å².